The van der Waals surface area contributed by atoms with Gasteiger partial charge in [-0.15, -0.1) is 0 Å². The molecule has 3 aromatic carbocycles. The molecular formula is C26H17ClN2O3. The Morgan fingerprint density at radius 1 is 0.875 bits per heavy atom. The number of carbonyl (C=O) groups is 2. The first-order chi connectivity index (χ1) is 15.5. The third-order valence-corrected chi connectivity index (χ3v) is 5.85. The molecule has 1 N–H and O–H groups in total. The lowest BCUT2D eigenvalue weighted by molar-refractivity contribution is -0.132. The van der Waals surface area contributed by atoms with E-state index in [0.717, 1.165) is 10.8 Å². The van der Waals surface area contributed by atoms with Crippen molar-refractivity contribution in [2.45, 2.75) is 6.04 Å². The highest BCUT2D eigenvalue weighted by molar-refractivity contribution is 6.51. The van der Waals surface area contributed by atoms with Gasteiger partial charge >= 0.3 is 0 Å². The fourth-order valence-corrected chi connectivity index (χ4v) is 4.18. The lowest BCUT2D eigenvalue weighted by Crippen LogP contribution is -2.29. The van der Waals surface area contributed by atoms with Crippen LogP contribution in [0.1, 0.15) is 17.2 Å². The van der Waals surface area contributed by atoms with Gasteiger partial charge in [0.25, 0.3) is 11.7 Å². The summed E-state index contributed by atoms with van der Waals surface area (Å²) in [5, 5.41) is 13.7. The Bertz CT molecular complexity index is 1380. The third kappa shape index (κ3) is 3.33. The molecule has 1 aliphatic rings. The fourth-order valence-electron chi connectivity index (χ4n) is 4.05. The van der Waals surface area contributed by atoms with Gasteiger partial charge in [-0.2, -0.15) is 0 Å². The van der Waals surface area contributed by atoms with Crippen molar-refractivity contribution < 1.29 is 14.7 Å². The maximum atomic E-state index is 13.2. The number of ketones is 1. The second-order valence-corrected chi connectivity index (χ2v) is 7.92. The maximum absolute atomic E-state index is 13.2. The van der Waals surface area contributed by atoms with Crippen LogP contribution in [-0.2, 0) is 9.59 Å². The first kappa shape index (κ1) is 20.0. The zero-order valence-electron chi connectivity index (χ0n) is 16.8. The van der Waals surface area contributed by atoms with E-state index in [1.807, 2.05) is 36.4 Å². The molecule has 32 heavy (non-hydrogen) atoms. The van der Waals surface area contributed by atoms with Crippen molar-refractivity contribution in [1.29, 1.82) is 0 Å². The van der Waals surface area contributed by atoms with Gasteiger partial charge in [0.15, 0.2) is 0 Å². The highest BCUT2D eigenvalue weighted by atomic mass is 35.5. The monoisotopic (exact) mass is 440 g/mol. The van der Waals surface area contributed by atoms with Gasteiger partial charge in [-0.3, -0.25) is 19.5 Å². The first-order valence-corrected chi connectivity index (χ1v) is 10.4. The summed E-state index contributed by atoms with van der Waals surface area (Å²) in [6, 6.07) is 22.5. The van der Waals surface area contributed by atoms with Gasteiger partial charge in [0, 0.05) is 28.7 Å². The number of Topliss-reactive ketones (excluding diaryl/α,β-unsaturated/α-hetero) is 1. The Labute approximate surface area is 189 Å². The minimum Gasteiger partial charge on any atom is -0.507 e. The Morgan fingerprint density at radius 3 is 2.28 bits per heavy atom. The Morgan fingerprint density at radius 2 is 1.56 bits per heavy atom. The largest absolute Gasteiger partial charge is 0.507 e. The normalized spacial score (nSPS) is 17.8. The topological polar surface area (TPSA) is 70.5 Å². The standard InChI is InChI=1S/C26H17ClN2O3/c27-20-7-9-21(10-8-20)29-23(17-11-13-28-14-12-17)22(25(31)26(29)32)24(30)19-6-5-16-3-1-2-4-18(16)15-19/h1-15,23,30H/b24-22-. The second kappa shape index (κ2) is 7.94. The summed E-state index contributed by atoms with van der Waals surface area (Å²) >= 11 is 6.02. The zero-order valence-corrected chi connectivity index (χ0v) is 17.5. The summed E-state index contributed by atoms with van der Waals surface area (Å²) in [5.74, 6) is -1.67. The molecule has 1 atom stereocenters. The van der Waals surface area contributed by atoms with E-state index in [9.17, 15) is 14.7 Å². The Balaban J connectivity index is 1.72. The molecule has 1 amide bonds. The lowest BCUT2D eigenvalue weighted by Gasteiger charge is -2.25. The van der Waals surface area contributed by atoms with Crippen LogP contribution in [0.25, 0.3) is 16.5 Å². The number of fused-ring (bicyclic) bond motifs is 1. The SMILES string of the molecule is O=C1C(=O)N(c2ccc(Cl)cc2)C(c2ccncc2)/C1=C(/O)c1ccc2ccccc2c1. The minimum absolute atomic E-state index is 0.0337. The number of anilines is 1. The molecule has 0 radical (unpaired) electrons. The molecule has 156 valence electrons. The van der Waals surface area contributed by atoms with Crippen molar-refractivity contribution in [3.8, 4) is 0 Å². The summed E-state index contributed by atoms with van der Waals surface area (Å²) in [4.78, 5) is 31.7. The van der Waals surface area contributed by atoms with E-state index in [1.165, 1.54) is 4.90 Å². The number of aliphatic hydroxyl groups excluding tert-OH is 1. The molecule has 0 aliphatic carbocycles. The lowest BCUT2D eigenvalue weighted by atomic mass is 9.95. The smallest absolute Gasteiger partial charge is 0.300 e. The van der Waals surface area contributed by atoms with Crippen LogP contribution >= 0.6 is 11.6 Å². The summed E-state index contributed by atoms with van der Waals surface area (Å²) in [6.45, 7) is 0. The predicted molar refractivity (Wildman–Crippen MR) is 124 cm³/mol. The number of hydrogen-bond donors (Lipinski definition) is 1. The molecule has 1 unspecified atom stereocenters. The number of carbonyl (C=O) groups excluding carboxylic acids is 2. The average molecular weight is 441 g/mol. The number of hydrogen-bond acceptors (Lipinski definition) is 4. The van der Waals surface area contributed by atoms with Crippen LogP contribution in [0.15, 0.2) is 96.8 Å². The minimum atomic E-state index is -0.800. The van der Waals surface area contributed by atoms with E-state index in [2.05, 4.69) is 4.98 Å². The van der Waals surface area contributed by atoms with E-state index in [0.29, 0.717) is 21.8 Å². The highest BCUT2D eigenvalue weighted by Gasteiger charge is 2.46. The van der Waals surface area contributed by atoms with Crippen molar-refractivity contribution >= 4 is 45.5 Å². The molecule has 0 bridgehead atoms. The molecule has 2 heterocycles. The number of rotatable bonds is 3. The number of nitrogens with zero attached hydrogens (tertiary/aromatic N) is 2. The summed E-state index contributed by atoms with van der Waals surface area (Å²) < 4.78 is 0. The maximum Gasteiger partial charge on any atom is 0.300 e. The second-order valence-electron chi connectivity index (χ2n) is 7.49. The van der Waals surface area contributed by atoms with Crippen molar-refractivity contribution in [1.82, 2.24) is 4.98 Å². The van der Waals surface area contributed by atoms with E-state index >= 15 is 0 Å². The quantitative estimate of drug-likeness (QED) is 0.259. The number of amides is 1. The van der Waals surface area contributed by atoms with Gasteiger partial charge in [0.05, 0.1) is 11.6 Å². The molecule has 4 aromatic rings. The molecule has 5 rings (SSSR count). The van der Waals surface area contributed by atoms with Gasteiger partial charge in [0.1, 0.15) is 5.76 Å². The van der Waals surface area contributed by atoms with Crippen LogP contribution in [0.5, 0.6) is 0 Å². The third-order valence-electron chi connectivity index (χ3n) is 5.59. The van der Waals surface area contributed by atoms with Crippen molar-refractivity contribution in [2.24, 2.45) is 0 Å². The molecular weight excluding hydrogens is 424 g/mol. The van der Waals surface area contributed by atoms with E-state index in [4.69, 9.17) is 11.6 Å². The van der Waals surface area contributed by atoms with E-state index < -0.39 is 17.7 Å². The Kier molecular flexibility index (Phi) is 4.96. The number of aliphatic hydroxyl groups is 1. The molecule has 6 heteroatoms. The Hall–Kier alpha value is -3.96. The van der Waals surface area contributed by atoms with Crippen LogP contribution in [0.2, 0.25) is 5.02 Å². The van der Waals surface area contributed by atoms with Crippen LogP contribution < -0.4 is 4.90 Å². The number of aromatic nitrogens is 1. The molecule has 5 nitrogen and oxygen atoms in total. The predicted octanol–water partition coefficient (Wildman–Crippen LogP) is 5.51. The van der Waals surface area contributed by atoms with Crippen molar-refractivity contribution in [2.75, 3.05) is 4.90 Å². The van der Waals surface area contributed by atoms with E-state index in [1.54, 1.807) is 54.9 Å². The van der Waals surface area contributed by atoms with Gasteiger partial charge < -0.3 is 5.11 Å². The van der Waals surface area contributed by atoms with Crippen LogP contribution in [0.3, 0.4) is 0 Å². The molecule has 1 saturated heterocycles. The molecule has 1 fully saturated rings. The molecule has 0 saturated carbocycles. The van der Waals surface area contributed by atoms with Gasteiger partial charge in [-0.1, -0.05) is 48.0 Å². The van der Waals surface area contributed by atoms with Crippen LogP contribution in [0.4, 0.5) is 5.69 Å². The summed E-state index contributed by atoms with van der Waals surface area (Å²) in [6.07, 6.45) is 3.18. The summed E-state index contributed by atoms with van der Waals surface area (Å²) in [5.41, 5.74) is 1.68. The first-order valence-electron chi connectivity index (χ1n) is 10.0. The van der Waals surface area contributed by atoms with Crippen LogP contribution in [0, 0.1) is 0 Å². The zero-order chi connectivity index (χ0) is 22.2. The number of pyridine rings is 1. The van der Waals surface area contributed by atoms with Gasteiger partial charge in [-0.05, 0) is 58.8 Å². The average Bonchev–Trinajstić information content (AvgIpc) is 3.10. The number of benzene rings is 3. The van der Waals surface area contributed by atoms with E-state index in [-0.39, 0.29) is 11.3 Å². The highest BCUT2D eigenvalue weighted by Crippen LogP contribution is 2.42. The summed E-state index contributed by atoms with van der Waals surface area (Å²) in [7, 11) is 0. The molecule has 1 aromatic heterocycles. The van der Waals surface area contributed by atoms with Gasteiger partial charge in [-0.25, -0.2) is 0 Å². The van der Waals surface area contributed by atoms with Crippen molar-refractivity contribution in [3.05, 3.63) is 113 Å². The van der Waals surface area contributed by atoms with Gasteiger partial charge in [0.2, 0.25) is 0 Å². The fraction of sp³-hybridized carbons (Fsp3) is 0.0385. The number of halogens is 1. The molecule has 0 spiro atoms. The molecule has 1 aliphatic heterocycles. The van der Waals surface area contributed by atoms with Crippen molar-refractivity contribution in [3.63, 3.8) is 0 Å². The van der Waals surface area contributed by atoms with Crippen LogP contribution in [-0.4, -0.2) is 21.8 Å².